The van der Waals surface area contributed by atoms with Crippen LogP contribution in [-0.4, -0.2) is 42.6 Å². The van der Waals surface area contributed by atoms with Gasteiger partial charge in [-0.05, 0) is 33.2 Å². The Morgan fingerprint density at radius 3 is 2.53 bits per heavy atom. The summed E-state index contributed by atoms with van der Waals surface area (Å²) in [6.45, 7) is 9.20. The van der Waals surface area contributed by atoms with Crippen molar-refractivity contribution in [3.8, 4) is 0 Å². The maximum absolute atomic E-state index is 11.6. The third-order valence-corrected chi connectivity index (χ3v) is 3.51. The summed E-state index contributed by atoms with van der Waals surface area (Å²) in [5, 5.41) is 5.97. The van der Waals surface area contributed by atoms with Gasteiger partial charge < -0.3 is 10.6 Å². The Labute approximate surface area is 105 Å². The third kappa shape index (κ3) is 5.39. The molecule has 0 aromatic heterocycles. The number of nitrogens with one attached hydrogen (secondary N) is 2. The number of rotatable bonds is 6. The summed E-state index contributed by atoms with van der Waals surface area (Å²) in [5.41, 5.74) is 0. The third-order valence-electron chi connectivity index (χ3n) is 3.51. The van der Waals surface area contributed by atoms with Crippen LogP contribution in [-0.2, 0) is 0 Å². The number of nitrogens with zero attached hydrogens (tertiary/aromatic N) is 1. The van der Waals surface area contributed by atoms with E-state index in [4.69, 9.17) is 0 Å². The van der Waals surface area contributed by atoms with Gasteiger partial charge >= 0.3 is 6.03 Å². The number of carbonyl (C=O) groups excluding carboxylic acids is 1. The molecule has 0 radical (unpaired) electrons. The van der Waals surface area contributed by atoms with Crippen molar-refractivity contribution in [1.82, 2.24) is 15.5 Å². The van der Waals surface area contributed by atoms with Gasteiger partial charge in [-0.2, -0.15) is 0 Å². The number of urea groups is 1. The lowest BCUT2D eigenvalue weighted by molar-refractivity contribution is 0.220. The second-order valence-electron chi connectivity index (χ2n) is 5.10. The van der Waals surface area contributed by atoms with Gasteiger partial charge in [-0.25, -0.2) is 4.79 Å². The fraction of sp³-hybridized carbons (Fsp3) is 0.923. The largest absolute Gasteiger partial charge is 0.337 e. The van der Waals surface area contributed by atoms with Gasteiger partial charge in [-0.1, -0.05) is 19.8 Å². The molecular weight excluding hydrogens is 214 g/mol. The molecule has 0 atom stereocenters. The lowest BCUT2D eigenvalue weighted by Gasteiger charge is -2.24. The summed E-state index contributed by atoms with van der Waals surface area (Å²) in [6, 6.07) is 0.943. The molecule has 0 aromatic rings. The number of likely N-dealkylation sites (N-methyl/N-ethyl adjacent to an activating group) is 1. The van der Waals surface area contributed by atoms with Crippen molar-refractivity contribution >= 4 is 6.03 Å². The lowest BCUT2D eigenvalue weighted by Crippen LogP contribution is -2.44. The number of carbonyl (C=O) groups is 1. The van der Waals surface area contributed by atoms with Crippen LogP contribution in [0.1, 0.15) is 46.5 Å². The standard InChI is InChI=1S/C13H27N3O/c1-4-16(11(2)3)10-9-14-13(17)15-12-7-5-6-8-12/h11-12H,4-10H2,1-3H3,(H2,14,15,17). The topological polar surface area (TPSA) is 44.4 Å². The van der Waals surface area contributed by atoms with Crippen molar-refractivity contribution in [2.24, 2.45) is 0 Å². The Morgan fingerprint density at radius 2 is 2.00 bits per heavy atom. The molecule has 1 fully saturated rings. The highest BCUT2D eigenvalue weighted by molar-refractivity contribution is 5.74. The molecule has 100 valence electrons. The van der Waals surface area contributed by atoms with Gasteiger partial charge in [0.25, 0.3) is 0 Å². The fourth-order valence-electron chi connectivity index (χ4n) is 2.40. The Bertz CT molecular complexity index is 225. The first-order chi connectivity index (χ1) is 8.13. The number of hydrogen-bond donors (Lipinski definition) is 2. The maximum Gasteiger partial charge on any atom is 0.315 e. The second kappa shape index (κ2) is 7.54. The van der Waals surface area contributed by atoms with Crippen LogP contribution in [0.4, 0.5) is 4.79 Å². The Kier molecular flexibility index (Phi) is 6.34. The summed E-state index contributed by atoms with van der Waals surface area (Å²) in [6.07, 6.45) is 4.78. The molecule has 1 aliphatic rings. The molecule has 0 unspecified atom stereocenters. The van der Waals surface area contributed by atoms with Gasteiger partial charge in [-0.15, -0.1) is 0 Å². The molecular formula is C13H27N3O. The van der Waals surface area contributed by atoms with Gasteiger partial charge in [0.1, 0.15) is 0 Å². The van der Waals surface area contributed by atoms with Crippen LogP contribution in [0.25, 0.3) is 0 Å². The summed E-state index contributed by atoms with van der Waals surface area (Å²) < 4.78 is 0. The predicted molar refractivity (Wildman–Crippen MR) is 71.2 cm³/mol. The average Bonchev–Trinajstić information content (AvgIpc) is 2.76. The van der Waals surface area contributed by atoms with E-state index >= 15 is 0 Å². The normalized spacial score (nSPS) is 16.8. The van der Waals surface area contributed by atoms with Crippen LogP contribution in [0.3, 0.4) is 0 Å². The van der Waals surface area contributed by atoms with E-state index < -0.39 is 0 Å². The average molecular weight is 241 g/mol. The van der Waals surface area contributed by atoms with Gasteiger partial charge in [0.2, 0.25) is 0 Å². The van der Waals surface area contributed by atoms with Crippen molar-refractivity contribution in [3.05, 3.63) is 0 Å². The van der Waals surface area contributed by atoms with Gasteiger partial charge in [0.05, 0.1) is 0 Å². The zero-order chi connectivity index (χ0) is 12.7. The first kappa shape index (κ1) is 14.3. The molecule has 0 aliphatic heterocycles. The molecule has 17 heavy (non-hydrogen) atoms. The molecule has 4 nitrogen and oxygen atoms in total. The number of hydrogen-bond acceptors (Lipinski definition) is 2. The van der Waals surface area contributed by atoms with Crippen LogP contribution in [0.15, 0.2) is 0 Å². The first-order valence-electron chi connectivity index (χ1n) is 6.92. The quantitative estimate of drug-likeness (QED) is 0.746. The van der Waals surface area contributed by atoms with E-state index in [0.29, 0.717) is 12.1 Å². The molecule has 0 saturated heterocycles. The summed E-state index contributed by atoms with van der Waals surface area (Å²) in [7, 11) is 0. The minimum absolute atomic E-state index is 0.00305. The Morgan fingerprint density at radius 1 is 1.35 bits per heavy atom. The van der Waals surface area contributed by atoms with Crippen LogP contribution < -0.4 is 10.6 Å². The Hall–Kier alpha value is -0.770. The van der Waals surface area contributed by atoms with Crippen LogP contribution in [0, 0.1) is 0 Å². The van der Waals surface area contributed by atoms with Gasteiger partial charge in [0.15, 0.2) is 0 Å². The molecule has 4 heteroatoms. The van der Waals surface area contributed by atoms with E-state index in [0.717, 1.165) is 32.5 Å². The second-order valence-corrected chi connectivity index (χ2v) is 5.10. The van der Waals surface area contributed by atoms with Crippen molar-refractivity contribution in [3.63, 3.8) is 0 Å². The maximum atomic E-state index is 11.6. The first-order valence-corrected chi connectivity index (χ1v) is 6.92. The Balaban J connectivity index is 2.10. The minimum Gasteiger partial charge on any atom is -0.337 e. The van der Waals surface area contributed by atoms with Crippen molar-refractivity contribution in [2.45, 2.75) is 58.5 Å². The van der Waals surface area contributed by atoms with Crippen molar-refractivity contribution < 1.29 is 4.79 Å². The van der Waals surface area contributed by atoms with Gasteiger partial charge in [0, 0.05) is 25.2 Å². The van der Waals surface area contributed by atoms with Crippen molar-refractivity contribution in [1.29, 1.82) is 0 Å². The van der Waals surface area contributed by atoms with E-state index in [1.807, 2.05) is 0 Å². The zero-order valence-electron chi connectivity index (χ0n) is 11.5. The highest BCUT2D eigenvalue weighted by Crippen LogP contribution is 2.17. The minimum atomic E-state index is -0.00305. The molecule has 1 saturated carbocycles. The highest BCUT2D eigenvalue weighted by atomic mass is 16.2. The van der Waals surface area contributed by atoms with E-state index in [1.54, 1.807) is 0 Å². The summed E-state index contributed by atoms with van der Waals surface area (Å²) >= 11 is 0. The van der Waals surface area contributed by atoms with Crippen LogP contribution in [0.5, 0.6) is 0 Å². The molecule has 0 spiro atoms. The summed E-state index contributed by atoms with van der Waals surface area (Å²) in [4.78, 5) is 13.9. The van der Waals surface area contributed by atoms with Crippen LogP contribution in [0.2, 0.25) is 0 Å². The van der Waals surface area contributed by atoms with Gasteiger partial charge in [-0.3, -0.25) is 4.90 Å². The molecule has 0 heterocycles. The van der Waals surface area contributed by atoms with E-state index in [1.165, 1.54) is 12.8 Å². The zero-order valence-corrected chi connectivity index (χ0v) is 11.5. The van der Waals surface area contributed by atoms with E-state index in [2.05, 4.69) is 36.3 Å². The smallest absolute Gasteiger partial charge is 0.315 e. The summed E-state index contributed by atoms with van der Waals surface area (Å²) in [5.74, 6) is 0. The van der Waals surface area contributed by atoms with E-state index in [9.17, 15) is 4.79 Å². The molecule has 1 aliphatic carbocycles. The molecule has 1 rings (SSSR count). The predicted octanol–water partition coefficient (Wildman–Crippen LogP) is 1.96. The SMILES string of the molecule is CCN(CCNC(=O)NC1CCCC1)C(C)C. The highest BCUT2D eigenvalue weighted by Gasteiger charge is 2.16. The van der Waals surface area contributed by atoms with Crippen molar-refractivity contribution in [2.75, 3.05) is 19.6 Å². The fourth-order valence-corrected chi connectivity index (χ4v) is 2.40. The molecule has 0 aromatic carbocycles. The molecule has 2 N–H and O–H groups in total. The van der Waals surface area contributed by atoms with Crippen LogP contribution >= 0.6 is 0 Å². The number of amides is 2. The van der Waals surface area contributed by atoms with E-state index in [-0.39, 0.29) is 6.03 Å². The monoisotopic (exact) mass is 241 g/mol. The molecule has 0 bridgehead atoms. The lowest BCUT2D eigenvalue weighted by atomic mass is 10.2. The molecule has 2 amide bonds.